The van der Waals surface area contributed by atoms with Gasteiger partial charge in [-0.15, -0.1) is 0 Å². The van der Waals surface area contributed by atoms with E-state index < -0.39 is 18.0 Å². The normalized spacial score (nSPS) is 24.9. The van der Waals surface area contributed by atoms with Crippen LogP contribution in [0.25, 0.3) is 0 Å². The Bertz CT molecular complexity index is 290. The number of rotatable bonds is 3. The Hall–Kier alpha value is -1.52. The third-order valence-electron chi connectivity index (χ3n) is 2.59. The van der Waals surface area contributed by atoms with Crippen molar-refractivity contribution >= 4 is 12.1 Å². The Morgan fingerprint density at radius 1 is 1.56 bits per heavy atom. The smallest absolute Gasteiger partial charge is 0.410 e. The summed E-state index contributed by atoms with van der Waals surface area (Å²) in [7, 11) is 0. The Labute approximate surface area is 94.7 Å². The van der Waals surface area contributed by atoms with Crippen LogP contribution in [0, 0.1) is 11.8 Å². The molecule has 2 atom stereocenters. The Balaban J connectivity index is 2.56. The van der Waals surface area contributed by atoms with Gasteiger partial charge in [0.25, 0.3) is 0 Å². The molecule has 0 aromatic rings. The summed E-state index contributed by atoms with van der Waals surface area (Å²) in [6.07, 6.45) is 1.64. The van der Waals surface area contributed by atoms with Gasteiger partial charge in [-0.05, 0) is 12.3 Å². The summed E-state index contributed by atoms with van der Waals surface area (Å²) in [5.74, 6) is -1.15. The van der Waals surface area contributed by atoms with Gasteiger partial charge >= 0.3 is 12.1 Å². The molecule has 1 fully saturated rings. The van der Waals surface area contributed by atoms with E-state index in [9.17, 15) is 9.59 Å². The lowest BCUT2D eigenvalue weighted by Crippen LogP contribution is -2.45. The number of carbonyl (C=O) groups excluding carboxylic acids is 1. The van der Waals surface area contributed by atoms with Crippen molar-refractivity contribution in [3.8, 4) is 0 Å². The van der Waals surface area contributed by atoms with Crippen LogP contribution in [-0.2, 0) is 9.53 Å². The zero-order valence-corrected chi connectivity index (χ0v) is 9.39. The fraction of sp³-hybridized carbons (Fsp3) is 0.636. The third kappa shape index (κ3) is 3.25. The number of carbonyl (C=O) groups is 2. The van der Waals surface area contributed by atoms with Gasteiger partial charge in [0.05, 0.1) is 5.92 Å². The number of ether oxygens (including phenoxy) is 1. The van der Waals surface area contributed by atoms with Crippen molar-refractivity contribution < 1.29 is 19.4 Å². The topological polar surface area (TPSA) is 66.8 Å². The molecule has 1 aliphatic heterocycles. The minimum Gasteiger partial charge on any atom is -0.481 e. The van der Waals surface area contributed by atoms with Gasteiger partial charge < -0.3 is 14.7 Å². The van der Waals surface area contributed by atoms with E-state index in [1.165, 1.54) is 11.0 Å². The van der Waals surface area contributed by atoms with Crippen LogP contribution in [0.1, 0.15) is 13.3 Å². The molecule has 0 saturated carbocycles. The second-order valence-electron chi connectivity index (χ2n) is 4.15. The first-order valence-electron chi connectivity index (χ1n) is 5.30. The van der Waals surface area contributed by atoms with Crippen LogP contribution in [-0.4, -0.2) is 41.8 Å². The average molecular weight is 227 g/mol. The summed E-state index contributed by atoms with van der Waals surface area (Å²) in [4.78, 5) is 23.9. The van der Waals surface area contributed by atoms with Crippen LogP contribution in [0.3, 0.4) is 0 Å². The Morgan fingerprint density at radius 2 is 2.25 bits per heavy atom. The zero-order chi connectivity index (χ0) is 12.1. The van der Waals surface area contributed by atoms with E-state index in [0.29, 0.717) is 13.0 Å². The lowest BCUT2D eigenvalue weighted by molar-refractivity contribution is -0.143. The average Bonchev–Trinajstić information content (AvgIpc) is 2.24. The highest BCUT2D eigenvalue weighted by Crippen LogP contribution is 2.22. The van der Waals surface area contributed by atoms with Gasteiger partial charge in [0, 0.05) is 13.1 Å². The van der Waals surface area contributed by atoms with Crippen molar-refractivity contribution in [2.45, 2.75) is 13.3 Å². The molecule has 0 aromatic heterocycles. The molecule has 90 valence electrons. The van der Waals surface area contributed by atoms with E-state index in [-0.39, 0.29) is 19.1 Å². The lowest BCUT2D eigenvalue weighted by Gasteiger charge is -2.33. The zero-order valence-electron chi connectivity index (χ0n) is 9.39. The minimum atomic E-state index is -0.854. The molecule has 1 amide bonds. The van der Waals surface area contributed by atoms with Gasteiger partial charge in [-0.1, -0.05) is 19.6 Å². The molecule has 0 unspecified atom stereocenters. The maximum atomic E-state index is 11.5. The number of carboxylic acid groups (broad SMARTS) is 1. The monoisotopic (exact) mass is 227 g/mol. The molecular formula is C11H17NO4. The van der Waals surface area contributed by atoms with Crippen molar-refractivity contribution in [2.75, 3.05) is 19.7 Å². The van der Waals surface area contributed by atoms with Gasteiger partial charge in [-0.25, -0.2) is 4.79 Å². The molecule has 0 aromatic carbocycles. The fourth-order valence-corrected chi connectivity index (χ4v) is 1.90. The quantitative estimate of drug-likeness (QED) is 0.739. The predicted octanol–water partition coefficient (Wildman–Crippen LogP) is 1.35. The van der Waals surface area contributed by atoms with E-state index in [1.54, 1.807) is 0 Å². The van der Waals surface area contributed by atoms with Crippen molar-refractivity contribution in [3.63, 3.8) is 0 Å². The van der Waals surface area contributed by atoms with Gasteiger partial charge in [-0.2, -0.15) is 0 Å². The van der Waals surface area contributed by atoms with Crippen molar-refractivity contribution in [3.05, 3.63) is 12.7 Å². The van der Waals surface area contributed by atoms with Crippen molar-refractivity contribution in [1.82, 2.24) is 4.90 Å². The highest BCUT2D eigenvalue weighted by Gasteiger charge is 2.32. The summed E-state index contributed by atoms with van der Waals surface area (Å²) in [5.41, 5.74) is 0. The molecule has 1 N–H and O–H groups in total. The maximum absolute atomic E-state index is 11.5. The van der Waals surface area contributed by atoms with Crippen LogP contribution in [0.15, 0.2) is 12.7 Å². The number of hydrogen-bond acceptors (Lipinski definition) is 3. The molecular weight excluding hydrogens is 210 g/mol. The van der Waals surface area contributed by atoms with Crippen LogP contribution < -0.4 is 0 Å². The number of likely N-dealkylation sites (tertiary alicyclic amines) is 1. The maximum Gasteiger partial charge on any atom is 0.410 e. The molecule has 1 heterocycles. The van der Waals surface area contributed by atoms with Crippen molar-refractivity contribution in [1.29, 1.82) is 0 Å². The fourth-order valence-electron chi connectivity index (χ4n) is 1.90. The standard InChI is InChI=1S/C11H17NO4/c1-3-4-16-11(15)12-6-8(2)5-9(7-12)10(13)14/h3,8-9H,1,4-7H2,2H3,(H,13,14)/t8-,9+/m1/s1. The number of nitrogens with zero attached hydrogens (tertiary/aromatic N) is 1. The first-order chi connectivity index (χ1) is 7.54. The van der Waals surface area contributed by atoms with E-state index in [0.717, 1.165) is 0 Å². The number of aliphatic carboxylic acids is 1. The Kier molecular flexibility index (Phi) is 4.34. The summed E-state index contributed by atoms with van der Waals surface area (Å²) < 4.78 is 4.88. The molecule has 1 saturated heterocycles. The summed E-state index contributed by atoms with van der Waals surface area (Å²) in [6, 6.07) is 0. The van der Waals surface area contributed by atoms with E-state index in [2.05, 4.69) is 6.58 Å². The summed E-state index contributed by atoms with van der Waals surface area (Å²) >= 11 is 0. The first kappa shape index (κ1) is 12.5. The number of amides is 1. The highest BCUT2D eigenvalue weighted by molar-refractivity contribution is 5.73. The second kappa shape index (κ2) is 5.53. The molecule has 1 rings (SSSR count). The Morgan fingerprint density at radius 3 is 2.81 bits per heavy atom. The van der Waals surface area contributed by atoms with Gasteiger partial charge in [0.2, 0.25) is 0 Å². The minimum absolute atomic E-state index is 0.154. The largest absolute Gasteiger partial charge is 0.481 e. The van der Waals surface area contributed by atoms with Gasteiger partial charge in [0.15, 0.2) is 0 Å². The van der Waals surface area contributed by atoms with Crippen LogP contribution in [0.5, 0.6) is 0 Å². The van der Waals surface area contributed by atoms with Crippen molar-refractivity contribution in [2.24, 2.45) is 11.8 Å². The molecule has 1 aliphatic rings. The van der Waals surface area contributed by atoms with Gasteiger partial charge in [-0.3, -0.25) is 4.79 Å². The molecule has 0 aliphatic carbocycles. The van der Waals surface area contributed by atoms with E-state index in [4.69, 9.17) is 9.84 Å². The number of hydrogen-bond donors (Lipinski definition) is 1. The van der Waals surface area contributed by atoms with Crippen LogP contribution in [0.4, 0.5) is 4.79 Å². The molecule has 0 bridgehead atoms. The van der Waals surface area contributed by atoms with Crippen LogP contribution >= 0.6 is 0 Å². The lowest BCUT2D eigenvalue weighted by atomic mass is 9.91. The SMILES string of the molecule is C=CCOC(=O)N1C[C@H](C)C[C@H](C(=O)O)C1. The molecule has 5 nitrogen and oxygen atoms in total. The molecule has 0 spiro atoms. The van der Waals surface area contributed by atoms with E-state index >= 15 is 0 Å². The van der Waals surface area contributed by atoms with Gasteiger partial charge in [0.1, 0.15) is 6.61 Å². The molecule has 16 heavy (non-hydrogen) atoms. The number of piperidine rings is 1. The second-order valence-corrected chi connectivity index (χ2v) is 4.15. The highest BCUT2D eigenvalue weighted by atomic mass is 16.6. The predicted molar refractivity (Wildman–Crippen MR) is 58.0 cm³/mol. The molecule has 0 radical (unpaired) electrons. The number of carboxylic acids is 1. The first-order valence-corrected chi connectivity index (χ1v) is 5.30. The van der Waals surface area contributed by atoms with E-state index in [1.807, 2.05) is 6.92 Å². The molecule has 5 heteroatoms. The third-order valence-corrected chi connectivity index (χ3v) is 2.59. The summed E-state index contributed by atoms with van der Waals surface area (Å²) in [5, 5.41) is 8.94. The van der Waals surface area contributed by atoms with Crippen LogP contribution in [0.2, 0.25) is 0 Å². The summed E-state index contributed by atoms with van der Waals surface area (Å²) in [6.45, 7) is 6.32.